The first-order valence-corrected chi connectivity index (χ1v) is 9.48. The fraction of sp³-hybridized carbons (Fsp3) is 0.227. The first-order valence-electron chi connectivity index (χ1n) is 9.48. The summed E-state index contributed by atoms with van der Waals surface area (Å²) in [5.41, 5.74) is 3.20. The zero-order valence-electron chi connectivity index (χ0n) is 15.5. The van der Waals surface area contributed by atoms with Crippen molar-refractivity contribution in [2.24, 2.45) is 0 Å². The number of nitrogens with zero attached hydrogens (tertiary/aromatic N) is 2. The predicted molar refractivity (Wildman–Crippen MR) is 108 cm³/mol. The second-order valence-corrected chi connectivity index (χ2v) is 6.87. The lowest BCUT2D eigenvalue weighted by atomic mass is 10.1. The van der Waals surface area contributed by atoms with Crippen LogP contribution in [-0.4, -0.2) is 27.9 Å². The Balaban J connectivity index is 1.33. The highest BCUT2D eigenvalue weighted by Gasteiger charge is 2.13. The maximum atomic E-state index is 12.1. The first kappa shape index (κ1) is 18.0. The molecule has 2 N–H and O–H groups in total. The molecule has 2 amide bonds. The number of rotatable bonds is 5. The van der Waals surface area contributed by atoms with Gasteiger partial charge in [-0.15, -0.1) is 0 Å². The van der Waals surface area contributed by atoms with Crippen LogP contribution in [0, 0.1) is 0 Å². The number of benzene rings is 2. The Bertz CT molecular complexity index is 954. The molecule has 0 aliphatic carbocycles. The van der Waals surface area contributed by atoms with E-state index in [1.54, 1.807) is 24.3 Å². The van der Waals surface area contributed by atoms with Crippen LogP contribution in [0.4, 0.5) is 5.69 Å². The first-order chi connectivity index (χ1) is 13.7. The van der Waals surface area contributed by atoms with Crippen molar-refractivity contribution >= 4 is 17.5 Å². The number of hydrogen-bond acceptors (Lipinski definition) is 3. The number of aryl methyl sites for hydroxylation is 2. The Hall–Kier alpha value is -3.41. The molecule has 2 heterocycles. The third kappa shape index (κ3) is 4.11. The predicted octanol–water partition coefficient (Wildman–Crippen LogP) is 3.25. The van der Waals surface area contributed by atoms with Crippen LogP contribution in [0.1, 0.15) is 29.0 Å². The van der Waals surface area contributed by atoms with Gasteiger partial charge in [0, 0.05) is 36.0 Å². The Labute approximate surface area is 163 Å². The lowest BCUT2D eigenvalue weighted by Crippen LogP contribution is -2.32. The van der Waals surface area contributed by atoms with E-state index in [0.717, 1.165) is 30.0 Å². The summed E-state index contributed by atoms with van der Waals surface area (Å²) in [5, 5.41) is 5.42. The number of fused-ring (bicyclic) bond motifs is 1. The molecule has 0 radical (unpaired) electrons. The van der Waals surface area contributed by atoms with Gasteiger partial charge in [0.15, 0.2) is 0 Å². The van der Waals surface area contributed by atoms with Crippen molar-refractivity contribution < 1.29 is 9.59 Å². The molecule has 142 valence electrons. The maximum Gasteiger partial charge on any atom is 0.251 e. The number of aromatic nitrogens is 2. The standard InChI is InChI=1S/C22H22N4O2/c27-21(14-23-22(28)17-6-2-1-3-7-17)24-18-11-9-16(10-12-18)19-15-26-13-5-4-8-20(26)25-19/h1-3,6-7,9-12,15H,4-5,8,13-14H2,(H,23,28)(H,24,27). The quantitative estimate of drug-likeness (QED) is 0.720. The maximum absolute atomic E-state index is 12.1. The van der Waals surface area contributed by atoms with Crippen molar-refractivity contribution in [3.05, 3.63) is 72.2 Å². The molecule has 4 rings (SSSR count). The smallest absolute Gasteiger partial charge is 0.251 e. The molecular formula is C22H22N4O2. The largest absolute Gasteiger partial charge is 0.343 e. The van der Waals surface area contributed by atoms with E-state index < -0.39 is 0 Å². The third-order valence-electron chi connectivity index (χ3n) is 4.82. The van der Waals surface area contributed by atoms with Crippen molar-refractivity contribution in [3.8, 4) is 11.3 Å². The second-order valence-electron chi connectivity index (χ2n) is 6.87. The van der Waals surface area contributed by atoms with E-state index in [1.807, 2.05) is 30.3 Å². The van der Waals surface area contributed by atoms with Crippen LogP contribution >= 0.6 is 0 Å². The Morgan fingerprint density at radius 3 is 2.54 bits per heavy atom. The van der Waals surface area contributed by atoms with E-state index in [2.05, 4.69) is 21.4 Å². The Morgan fingerprint density at radius 1 is 1.00 bits per heavy atom. The zero-order chi connectivity index (χ0) is 19.3. The van der Waals surface area contributed by atoms with Gasteiger partial charge >= 0.3 is 0 Å². The summed E-state index contributed by atoms with van der Waals surface area (Å²) < 4.78 is 2.23. The number of amides is 2. The lowest BCUT2D eigenvalue weighted by Gasteiger charge is -2.11. The molecule has 6 nitrogen and oxygen atoms in total. The van der Waals surface area contributed by atoms with Crippen molar-refractivity contribution in [1.82, 2.24) is 14.9 Å². The highest BCUT2D eigenvalue weighted by molar-refractivity contribution is 5.99. The van der Waals surface area contributed by atoms with Gasteiger partial charge in [0.2, 0.25) is 5.91 Å². The fourth-order valence-corrected chi connectivity index (χ4v) is 3.33. The van der Waals surface area contributed by atoms with Gasteiger partial charge in [0.1, 0.15) is 5.82 Å². The van der Waals surface area contributed by atoms with Gasteiger partial charge in [-0.3, -0.25) is 9.59 Å². The molecule has 0 bridgehead atoms. The molecule has 0 saturated heterocycles. The fourth-order valence-electron chi connectivity index (χ4n) is 3.33. The minimum absolute atomic E-state index is 0.0801. The minimum atomic E-state index is -0.269. The third-order valence-corrected chi connectivity index (χ3v) is 4.82. The number of hydrogen-bond donors (Lipinski definition) is 2. The molecule has 1 aliphatic rings. The van der Waals surface area contributed by atoms with E-state index in [4.69, 9.17) is 4.98 Å². The molecule has 0 atom stereocenters. The van der Waals surface area contributed by atoms with E-state index in [9.17, 15) is 9.59 Å². The average Bonchev–Trinajstić information content (AvgIpc) is 3.17. The van der Waals surface area contributed by atoms with Gasteiger partial charge in [-0.1, -0.05) is 30.3 Å². The van der Waals surface area contributed by atoms with E-state index in [1.165, 1.54) is 12.8 Å². The van der Waals surface area contributed by atoms with Crippen molar-refractivity contribution in [1.29, 1.82) is 0 Å². The molecule has 0 spiro atoms. The summed E-state index contributed by atoms with van der Waals surface area (Å²) in [6.45, 7) is 0.953. The van der Waals surface area contributed by atoms with Crippen LogP contribution in [-0.2, 0) is 17.8 Å². The Kier molecular flexibility index (Phi) is 5.19. The summed E-state index contributed by atoms with van der Waals surface area (Å²) in [7, 11) is 0. The molecule has 1 aliphatic heterocycles. The zero-order valence-corrected chi connectivity index (χ0v) is 15.5. The summed E-state index contributed by atoms with van der Waals surface area (Å²) >= 11 is 0. The van der Waals surface area contributed by atoms with Crippen LogP contribution in [0.3, 0.4) is 0 Å². The number of anilines is 1. The summed E-state index contributed by atoms with van der Waals surface area (Å²) in [6, 6.07) is 16.4. The van der Waals surface area contributed by atoms with Gasteiger partial charge in [0.25, 0.3) is 5.91 Å². The summed E-state index contributed by atoms with van der Waals surface area (Å²) in [5.74, 6) is 0.608. The monoisotopic (exact) mass is 374 g/mol. The summed E-state index contributed by atoms with van der Waals surface area (Å²) in [6.07, 6.45) is 5.53. The average molecular weight is 374 g/mol. The van der Waals surface area contributed by atoms with Gasteiger partial charge in [0.05, 0.1) is 12.2 Å². The normalized spacial score (nSPS) is 12.9. The molecule has 0 saturated carbocycles. The molecule has 3 aromatic rings. The number of carbonyl (C=O) groups is 2. The van der Waals surface area contributed by atoms with Crippen LogP contribution in [0.15, 0.2) is 60.8 Å². The SMILES string of the molecule is O=C(CNC(=O)c1ccccc1)Nc1ccc(-c2cn3c(n2)CCCC3)cc1. The van der Waals surface area contributed by atoms with Crippen molar-refractivity contribution in [2.75, 3.05) is 11.9 Å². The molecule has 0 unspecified atom stereocenters. The molecular weight excluding hydrogens is 352 g/mol. The van der Waals surface area contributed by atoms with Gasteiger partial charge in [-0.05, 0) is 37.1 Å². The number of nitrogens with one attached hydrogen (secondary N) is 2. The molecule has 2 aromatic carbocycles. The van der Waals surface area contributed by atoms with E-state index >= 15 is 0 Å². The topological polar surface area (TPSA) is 76.0 Å². The molecule has 28 heavy (non-hydrogen) atoms. The van der Waals surface area contributed by atoms with Crippen LogP contribution in [0.25, 0.3) is 11.3 Å². The van der Waals surface area contributed by atoms with Crippen LogP contribution in [0.5, 0.6) is 0 Å². The minimum Gasteiger partial charge on any atom is -0.343 e. The van der Waals surface area contributed by atoms with Gasteiger partial charge in [-0.2, -0.15) is 0 Å². The van der Waals surface area contributed by atoms with E-state index in [-0.39, 0.29) is 18.4 Å². The number of imidazole rings is 1. The van der Waals surface area contributed by atoms with Crippen molar-refractivity contribution in [3.63, 3.8) is 0 Å². The van der Waals surface area contributed by atoms with Gasteiger partial charge < -0.3 is 15.2 Å². The number of carbonyl (C=O) groups excluding carboxylic acids is 2. The Morgan fingerprint density at radius 2 is 1.79 bits per heavy atom. The lowest BCUT2D eigenvalue weighted by molar-refractivity contribution is -0.115. The highest BCUT2D eigenvalue weighted by Crippen LogP contribution is 2.23. The summed E-state index contributed by atoms with van der Waals surface area (Å²) in [4.78, 5) is 28.8. The van der Waals surface area contributed by atoms with Crippen LogP contribution < -0.4 is 10.6 Å². The van der Waals surface area contributed by atoms with Crippen molar-refractivity contribution in [2.45, 2.75) is 25.8 Å². The second kappa shape index (κ2) is 8.08. The molecule has 6 heteroatoms. The molecule has 0 fully saturated rings. The van der Waals surface area contributed by atoms with Crippen LogP contribution in [0.2, 0.25) is 0 Å². The van der Waals surface area contributed by atoms with E-state index in [0.29, 0.717) is 11.3 Å². The molecule has 1 aromatic heterocycles. The van der Waals surface area contributed by atoms with Gasteiger partial charge in [-0.25, -0.2) is 4.98 Å². The highest BCUT2D eigenvalue weighted by atomic mass is 16.2.